The topological polar surface area (TPSA) is 34.1 Å². The van der Waals surface area contributed by atoms with E-state index in [9.17, 15) is 9.13 Å². The normalized spacial score (nSPS) is 11.9. The monoisotopic (exact) mass is 556 g/mol. The van der Waals surface area contributed by atoms with E-state index in [4.69, 9.17) is 0 Å². The molecule has 196 valence electrons. The van der Waals surface area contributed by atoms with Crippen LogP contribution in [-0.4, -0.2) is 0 Å². The molecule has 4 heteroatoms. The first-order chi connectivity index (χ1) is 19.6. The van der Waals surface area contributed by atoms with Crippen molar-refractivity contribution in [1.29, 1.82) is 0 Å². The van der Waals surface area contributed by atoms with Crippen molar-refractivity contribution in [3.63, 3.8) is 0 Å². The fourth-order valence-electron chi connectivity index (χ4n) is 5.52. The van der Waals surface area contributed by atoms with Gasteiger partial charge in [0.15, 0.2) is 0 Å². The molecule has 6 rings (SSSR count). The number of hydrogen-bond acceptors (Lipinski definition) is 2. The maximum absolute atomic E-state index is 14.9. The molecule has 0 bridgehead atoms. The molecule has 0 amide bonds. The summed E-state index contributed by atoms with van der Waals surface area (Å²) in [6, 6.07) is 51.7. The fraction of sp³-hybridized carbons (Fsp3) is 0.0556. The van der Waals surface area contributed by atoms with Crippen molar-refractivity contribution >= 4 is 46.3 Å². The summed E-state index contributed by atoms with van der Waals surface area (Å²) in [5.74, 6) is 0. The van der Waals surface area contributed by atoms with Gasteiger partial charge in [-0.05, 0) is 21.9 Å². The molecule has 40 heavy (non-hydrogen) atoms. The molecule has 0 saturated heterocycles. The molecule has 2 nitrogen and oxygen atoms in total. The highest BCUT2D eigenvalue weighted by molar-refractivity contribution is 7.78. The van der Waals surface area contributed by atoms with E-state index in [1.165, 1.54) is 0 Å². The van der Waals surface area contributed by atoms with Crippen LogP contribution in [0.1, 0.15) is 11.1 Å². The Labute approximate surface area is 236 Å². The third-order valence-corrected chi connectivity index (χ3v) is 13.7. The van der Waals surface area contributed by atoms with E-state index in [2.05, 4.69) is 24.3 Å². The van der Waals surface area contributed by atoms with Gasteiger partial charge in [-0.15, -0.1) is 0 Å². The van der Waals surface area contributed by atoms with Crippen LogP contribution >= 0.6 is 14.3 Å². The Morgan fingerprint density at radius 1 is 0.325 bits per heavy atom. The van der Waals surface area contributed by atoms with Gasteiger partial charge in [0.05, 0.1) is 0 Å². The summed E-state index contributed by atoms with van der Waals surface area (Å²) in [6.45, 7) is 0. The lowest BCUT2D eigenvalue weighted by Gasteiger charge is -2.23. The van der Waals surface area contributed by atoms with Crippen molar-refractivity contribution in [1.82, 2.24) is 0 Å². The molecule has 6 aromatic rings. The lowest BCUT2D eigenvalue weighted by atomic mass is 10.0. The van der Waals surface area contributed by atoms with Crippen molar-refractivity contribution in [2.24, 2.45) is 0 Å². The fourth-order valence-corrected chi connectivity index (χ4v) is 11.0. The SMILES string of the molecule is O=P(Cc1ccc(CP(=O)(c2ccccc2)c2ccccc2)c2ccccc12)(c1ccccc1)c1ccccc1. The average Bonchev–Trinajstić information content (AvgIpc) is 3.04. The van der Waals surface area contributed by atoms with Gasteiger partial charge in [-0.2, -0.15) is 0 Å². The van der Waals surface area contributed by atoms with E-state index in [1.807, 2.05) is 133 Å². The maximum atomic E-state index is 14.9. The molecule has 0 spiro atoms. The zero-order valence-corrected chi connectivity index (χ0v) is 23.9. The molecule has 0 N–H and O–H groups in total. The highest BCUT2D eigenvalue weighted by Crippen LogP contribution is 2.50. The maximum Gasteiger partial charge on any atom is 0.147 e. The van der Waals surface area contributed by atoms with Crippen LogP contribution in [-0.2, 0) is 21.5 Å². The highest BCUT2D eigenvalue weighted by atomic mass is 31.2. The van der Waals surface area contributed by atoms with Crippen molar-refractivity contribution in [3.05, 3.63) is 169 Å². The van der Waals surface area contributed by atoms with E-state index in [0.29, 0.717) is 12.3 Å². The van der Waals surface area contributed by atoms with Gasteiger partial charge in [0, 0.05) is 33.5 Å². The van der Waals surface area contributed by atoms with Crippen LogP contribution in [0.25, 0.3) is 10.8 Å². The highest BCUT2D eigenvalue weighted by Gasteiger charge is 2.30. The third kappa shape index (κ3) is 5.02. The van der Waals surface area contributed by atoms with Crippen LogP contribution in [0.2, 0.25) is 0 Å². The lowest BCUT2D eigenvalue weighted by molar-refractivity contribution is 0.585. The minimum absolute atomic E-state index is 0.414. The Balaban J connectivity index is 1.47. The van der Waals surface area contributed by atoms with Crippen molar-refractivity contribution in [2.75, 3.05) is 0 Å². The van der Waals surface area contributed by atoms with Gasteiger partial charge < -0.3 is 9.13 Å². The summed E-state index contributed by atoms with van der Waals surface area (Å²) in [5.41, 5.74) is 2.06. The molecule has 0 aliphatic rings. The smallest absolute Gasteiger partial charge is 0.147 e. The number of rotatable bonds is 8. The van der Waals surface area contributed by atoms with Gasteiger partial charge in [0.25, 0.3) is 0 Å². The van der Waals surface area contributed by atoms with Gasteiger partial charge >= 0.3 is 0 Å². The Kier molecular flexibility index (Phi) is 7.40. The average molecular weight is 557 g/mol. The van der Waals surface area contributed by atoms with E-state index >= 15 is 0 Å². The lowest BCUT2D eigenvalue weighted by Crippen LogP contribution is -2.18. The molecule has 0 unspecified atom stereocenters. The molecular weight excluding hydrogens is 526 g/mol. The van der Waals surface area contributed by atoms with Gasteiger partial charge in [-0.3, -0.25) is 0 Å². The first kappa shape index (κ1) is 26.3. The summed E-state index contributed by atoms with van der Waals surface area (Å²) < 4.78 is 29.7. The summed E-state index contributed by atoms with van der Waals surface area (Å²) in [7, 11) is -5.91. The summed E-state index contributed by atoms with van der Waals surface area (Å²) in [6.07, 6.45) is 0.827. The minimum Gasteiger partial charge on any atom is -0.313 e. The van der Waals surface area contributed by atoms with E-state index in [1.54, 1.807) is 0 Å². The second-order valence-electron chi connectivity index (χ2n) is 10.1. The van der Waals surface area contributed by atoms with Crippen molar-refractivity contribution < 1.29 is 9.13 Å². The number of benzene rings is 6. The van der Waals surface area contributed by atoms with Crippen LogP contribution in [0.4, 0.5) is 0 Å². The molecule has 0 heterocycles. The van der Waals surface area contributed by atoms with Gasteiger partial charge in [0.1, 0.15) is 14.3 Å². The number of fused-ring (bicyclic) bond motifs is 1. The van der Waals surface area contributed by atoms with Crippen molar-refractivity contribution in [3.8, 4) is 0 Å². The minimum atomic E-state index is -2.96. The second-order valence-corrected chi connectivity index (χ2v) is 15.7. The molecule has 0 aliphatic heterocycles. The van der Waals surface area contributed by atoms with Gasteiger partial charge in [-0.25, -0.2) is 0 Å². The summed E-state index contributed by atoms with van der Waals surface area (Å²) >= 11 is 0. The Morgan fingerprint density at radius 2 is 0.575 bits per heavy atom. The van der Waals surface area contributed by atoms with E-state index in [0.717, 1.165) is 43.1 Å². The van der Waals surface area contributed by atoms with Crippen LogP contribution in [0.5, 0.6) is 0 Å². The Morgan fingerprint density at radius 3 is 0.850 bits per heavy atom. The van der Waals surface area contributed by atoms with Gasteiger partial charge in [0.2, 0.25) is 0 Å². The molecule has 0 saturated carbocycles. The first-order valence-electron chi connectivity index (χ1n) is 13.5. The summed E-state index contributed by atoms with van der Waals surface area (Å²) in [5, 5.41) is 5.53. The third-order valence-electron chi connectivity index (χ3n) is 7.58. The van der Waals surface area contributed by atoms with Crippen LogP contribution in [0.15, 0.2) is 158 Å². The molecule has 0 fully saturated rings. The zero-order valence-electron chi connectivity index (χ0n) is 22.1. The molecule has 0 aliphatic carbocycles. The molecular formula is C36H30O2P2. The first-order valence-corrected chi connectivity index (χ1v) is 17.3. The van der Waals surface area contributed by atoms with Crippen LogP contribution in [0, 0.1) is 0 Å². The van der Waals surface area contributed by atoms with E-state index < -0.39 is 14.3 Å². The predicted octanol–water partition coefficient (Wildman–Crippen LogP) is 7.87. The summed E-state index contributed by atoms with van der Waals surface area (Å²) in [4.78, 5) is 0. The molecule has 0 atom stereocenters. The number of hydrogen-bond donors (Lipinski definition) is 0. The predicted molar refractivity (Wildman–Crippen MR) is 171 cm³/mol. The van der Waals surface area contributed by atoms with Crippen LogP contribution in [0.3, 0.4) is 0 Å². The zero-order chi connectivity index (χ0) is 27.4. The molecule has 6 aromatic carbocycles. The Hall–Kier alpha value is -3.96. The van der Waals surface area contributed by atoms with Crippen molar-refractivity contribution in [2.45, 2.75) is 12.3 Å². The molecule has 0 aromatic heterocycles. The van der Waals surface area contributed by atoms with E-state index in [-0.39, 0.29) is 0 Å². The Bertz CT molecular complexity index is 1610. The standard InChI is InChI=1S/C36H30O2P2/c37-39(31-15-5-1-6-16-31,32-17-7-2-8-18-32)27-29-25-26-30(36-24-14-13-23-35(29)36)28-40(38,33-19-9-3-10-20-33)34-21-11-4-12-22-34/h1-26H,27-28H2. The second kappa shape index (κ2) is 11.3. The molecule has 0 radical (unpaired) electrons. The quantitative estimate of drug-likeness (QED) is 0.179. The van der Waals surface area contributed by atoms with Gasteiger partial charge in [-0.1, -0.05) is 158 Å². The van der Waals surface area contributed by atoms with Crippen LogP contribution < -0.4 is 21.2 Å². The largest absolute Gasteiger partial charge is 0.313 e.